The molecular weight excluding hydrogens is 597 g/mol. The number of phenols is 1. The highest BCUT2D eigenvalue weighted by Crippen LogP contribution is 2.45. The predicted octanol–water partition coefficient (Wildman–Crippen LogP) is 4.47. The van der Waals surface area contributed by atoms with Crippen molar-refractivity contribution in [1.82, 2.24) is 25.2 Å². The van der Waals surface area contributed by atoms with Crippen LogP contribution in [0.25, 0.3) is 32.9 Å². The van der Waals surface area contributed by atoms with E-state index in [2.05, 4.69) is 31.0 Å². The van der Waals surface area contributed by atoms with Gasteiger partial charge in [0.15, 0.2) is 5.82 Å². The second kappa shape index (κ2) is 10.1. The third-order valence-corrected chi connectivity index (χ3v) is 10.6. The summed E-state index contributed by atoms with van der Waals surface area (Å²) >= 11 is 0. The molecule has 9 nitrogen and oxygen atoms in total. The Morgan fingerprint density at radius 1 is 1.15 bits per heavy atom. The average molecular weight is 629 g/mol. The van der Waals surface area contributed by atoms with Gasteiger partial charge in [-0.1, -0.05) is 12.0 Å². The van der Waals surface area contributed by atoms with Crippen LogP contribution in [0.3, 0.4) is 0 Å². The summed E-state index contributed by atoms with van der Waals surface area (Å²) in [5.74, 6) is 1.35. The van der Waals surface area contributed by atoms with Crippen LogP contribution in [0.5, 0.6) is 17.6 Å². The Balaban J connectivity index is 1.25. The zero-order chi connectivity index (χ0) is 31.3. The smallest absolute Gasteiger partial charge is 0.319 e. The summed E-state index contributed by atoms with van der Waals surface area (Å²) in [6, 6.07) is 5.72. The molecule has 0 amide bonds. The molecule has 12 heteroatoms. The summed E-state index contributed by atoms with van der Waals surface area (Å²) in [6.45, 7) is 2.27. The Bertz CT molecular complexity index is 1990. The van der Waals surface area contributed by atoms with E-state index in [1.54, 1.807) is 0 Å². The second-order valence-corrected chi connectivity index (χ2v) is 13.2. The first kappa shape index (κ1) is 27.9. The molecule has 5 aliphatic heterocycles. The first-order chi connectivity index (χ1) is 22.3. The fourth-order valence-electron chi connectivity index (χ4n) is 8.56. The maximum absolute atomic E-state index is 17.0. The van der Waals surface area contributed by atoms with Crippen LogP contribution in [-0.4, -0.2) is 87.6 Å². The van der Waals surface area contributed by atoms with Crippen LogP contribution in [0.1, 0.15) is 37.7 Å². The van der Waals surface area contributed by atoms with Gasteiger partial charge >= 0.3 is 6.01 Å². The van der Waals surface area contributed by atoms with Crippen LogP contribution < -0.4 is 19.7 Å². The van der Waals surface area contributed by atoms with Crippen LogP contribution in [-0.2, 0) is 0 Å². The van der Waals surface area contributed by atoms with Gasteiger partial charge in [-0.15, -0.1) is 6.42 Å². The molecule has 236 valence electrons. The number of nitrogens with zero attached hydrogens (tertiary/aromatic N) is 5. The highest BCUT2D eigenvalue weighted by Gasteiger charge is 2.50. The van der Waals surface area contributed by atoms with Gasteiger partial charge in [-0.3, -0.25) is 4.90 Å². The van der Waals surface area contributed by atoms with Gasteiger partial charge in [0.05, 0.1) is 17.1 Å². The summed E-state index contributed by atoms with van der Waals surface area (Å²) in [5, 5.41) is 15.3. The predicted molar refractivity (Wildman–Crippen MR) is 165 cm³/mol. The van der Waals surface area contributed by atoms with E-state index in [4.69, 9.17) is 20.9 Å². The summed E-state index contributed by atoms with van der Waals surface area (Å²) in [5.41, 5.74) is -0.688. The van der Waals surface area contributed by atoms with Crippen LogP contribution in [0.2, 0.25) is 0 Å². The number of terminal acetylenes is 1. The summed E-state index contributed by atoms with van der Waals surface area (Å²) < 4.78 is 59.1. The maximum atomic E-state index is 17.0. The number of fused-ring (bicyclic) bond motifs is 7. The van der Waals surface area contributed by atoms with Gasteiger partial charge in [0.1, 0.15) is 53.4 Å². The number of hydrogen-bond acceptors (Lipinski definition) is 9. The molecule has 4 aromatic rings. The summed E-state index contributed by atoms with van der Waals surface area (Å²) in [6.07, 6.45) is 8.89. The molecule has 0 saturated carbocycles. The number of phenolic OH excluding ortho intramolecular Hbond substituents is 1. The molecule has 2 bridgehead atoms. The van der Waals surface area contributed by atoms with Crippen molar-refractivity contribution >= 4 is 27.5 Å². The molecule has 5 atom stereocenters. The van der Waals surface area contributed by atoms with E-state index in [1.165, 1.54) is 24.3 Å². The van der Waals surface area contributed by atoms with Crippen molar-refractivity contribution in [3.8, 4) is 41.2 Å². The minimum atomic E-state index is -0.927. The van der Waals surface area contributed by atoms with Gasteiger partial charge in [0.2, 0.25) is 5.88 Å². The van der Waals surface area contributed by atoms with Crippen molar-refractivity contribution in [2.24, 2.45) is 0 Å². The van der Waals surface area contributed by atoms with Crippen molar-refractivity contribution in [2.75, 3.05) is 37.7 Å². The highest BCUT2D eigenvalue weighted by molar-refractivity contribution is 6.04. The number of rotatable bonds is 4. The molecule has 7 heterocycles. The number of aromatic hydroxyl groups is 1. The number of hydrogen-bond donors (Lipinski definition) is 2. The highest BCUT2D eigenvalue weighted by atomic mass is 19.1. The van der Waals surface area contributed by atoms with E-state index in [-0.39, 0.29) is 76.7 Å². The summed E-state index contributed by atoms with van der Waals surface area (Å²) in [7, 11) is 0. The maximum Gasteiger partial charge on any atom is 0.319 e. The zero-order valence-corrected chi connectivity index (χ0v) is 24.9. The zero-order valence-electron chi connectivity index (χ0n) is 24.9. The van der Waals surface area contributed by atoms with Crippen molar-refractivity contribution in [3.05, 3.63) is 41.5 Å². The lowest BCUT2D eigenvalue weighted by Gasteiger charge is -2.40. The van der Waals surface area contributed by atoms with Crippen molar-refractivity contribution in [2.45, 2.75) is 61.9 Å². The van der Waals surface area contributed by atoms with Crippen molar-refractivity contribution in [3.63, 3.8) is 0 Å². The van der Waals surface area contributed by atoms with E-state index in [1.807, 2.05) is 0 Å². The molecule has 0 radical (unpaired) electrons. The molecule has 0 aliphatic carbocycles. The van der Waals surface area contributed by atoms with E-state index < -0.39 is 23.3 Å². The normalized spacial score (nSPS) is 28.2. The molecule has 2 aromatic carbocycles. The number of ether oxygens (including phenoxy) is 2. The Hall–Kier alpha value is -4.34. The van der Waals surface area contributed by atoms with E-state index in [0.29, 0.717) is 36.1 Å². The lowest BCUT2D eigenvalue weighted by molar-refractivity contribution is 0.107. The quantitative estimate of drug-likeness (QED) is 0.318. The Labute approximate surface area is 262 Å². The molecule has 4 saturated heterocycles. The number of piperazine rings is 1. The van der Waals surface area contributed by atoms with Gasteiger partial charge in [-0.05, 0) is 55.8 Å². The van der Waals surface area contributed by atoms with Gasteiger partial charge in [0.25, 0.3) is 0 Å². The number of nitrogens with one attached hydrogen (secondary N) is 1. The number of aromatic nitrogens is 3. The van der Waals surface area contributed by atoms with Crippen LogP contribution >= 0.6 is 0 Å². The fraction of sp³-hybridized carbons (Fsp3) is 0.441. The average Bonchev–Trinajstić information content (AvgIpc) is 3.68. The SMILES string of the molecule is C#Cc1c(F)ccc2cc(O)cc(-c3nc4c5c(nc(OC[C@]67CCCN6C[C@H](F)C7)nc5c3F)N3C[C@H]5CC[C@H](N5)[C@@H]3CO4)c12. The van der Waals surface area contributed by atoms with Crippen LogP contribution in [0, 0.1) is 24.0 Å². The molecule has 4 fully saturated rings. The molecule has 2 aromatic heterocycles. The monoisotopic (exact) mass is 628 g/mol. The standard InChI is InChI=1S/C34H31F3N6O3/c1-2-21-23(36)6-4-17-10-20(44)11-22(26(17)21)29-28(37)30-27-31(43-14-19-5-7-24(38-19)25(43)15-45-32(27)39-29)41-33(40-30)46-16-34-8-3-9-42(34)13-18(35)12-34/h1,4,6,10-11,18-19,24-25,38,44H,3,5,7-9,12-16H2/t18-,19-,24+,25+,34-/m1/s1. The van der Waals surface area contributed by atoms with Gasteiger partial charge in [-0.2, -0.15) is 9.97 Å². The summed E-state index contributed by atoms with van der Waals surface area (Å²) in [4.78, 5) is 18.4. The number of alkyl halides is 1. The topological polar surface area (TPSA) is 95.9 Å². The Kier molecular flexibility index (Phi) is 6.12. The molecule has 0 unspecified atom stereocenters. The van der Waals surface area contributed by atoms with E-state index in [9.17, 15) is 13.9 Å². The number of anilines is 1. The molecule has 2 N–H and O–H groups in total. The van der Waals surface area contributed by atoms with E-state index in [0.717, 1.165) is 32.2 Å². The van der Waals surface area contributed by atoms with Gasteiger partial charge < -0.3 is 24.8 Å². The third kappa shape index (κ3) is 4.07. The number of halogens is 3. The first-order valence-corrected chi connectivity index (χ1v) is 15.8. The Morgan fingerprint density at radius 2 is 2.04 bits per heavy atom. The number of benzene rings is 2. The van der Waals surface area contributed by atoms with Gasteiger partial charge in [0, 0.05) is 42.5 Å². The largest absolute Gasteiger partial charge is 0.508 e. The molecule has 9 rings (SSSR count). The molecule has 46 heavy (non-hydrogen) atoms. The number of pyridine rings is 1. The minimum absolute atomic E-state index is 0.0179. The molecule has 5 aliphatic rings. The first-order valence-electron chi connectivity index (χ1n) is 15.8. The second-order valence-electron chi connectivity index (χ2n) is 13.2. The lowest BCUT2D eigenvalue weighted by Crippen LogP contribution is -2.60. The van der Waals surface area contributed by atoms with Crippen LogP contribution in [0.15, 0.2) is 24.3 Å². The van der Waals surface area contributed by atoms with Crippen LogP contribution in [0.4, 0.5) is 19.0 Å². The fourth-order valence-corrected chi connectivity index (χ4v) is 8.56. The van der Waals surface area contributed by atoms with E-state index >= 15 is 4.39 Å². The molecular formula is C34H31F3N6O3. The molecule has 0 spiro atoms. The third-order valence-electron chi connectivity index (χ3n) is 10.6. The van der Waals surface area contributed by atoms with Crippen molar-refractivity contribution in [1.29, 1.82) is 0 Å². The van der Waals surface area contributed by atoms with Gasteiger partial charge in [-0.25, -0.2) is 18.2 Å². The van der Waals surface area contributed by atoms with Crippen molar-refractivity contribution < 1.29 is 27.8 Å². The lowest BCUT2D eigenvalue weighted by atomic mass is 9.95. The Morgan fingerprint density at radius 3 is 2.91 bits per heavy atom. The minimum Gasteiger partial charge on any atom is -0.508 e.